The number of imidazole rings is 1. The van der Waals surface area contributed by atoms with E-state index < -0.39 is 6.10 Å². The first kappa shape index (κ1) is 26.4. The van der Waals surface area contributed by atoms with Crippen LogP contribution in [0.3, 0.4) is 0 Å². The molecule has 3 aromatic carbocycles. The average molecular weight is 550 g/mol. The number of hydrogen-bond donors (Lipinski definition) is 1. The number of carbonyl (C=O) groups is 1. The summed E-state index contributed by atoms with van der Waals surface area (Å²) in [6.07, 6.45) is -0.397. The first-order chi connectivity index (χ1) is 18.9. The summed E-state index contributed by atoms with van der Waals surface area (Å²) in [5.74, 6) is 2.59. The summed E-state index contributed by atoms with van der Waals surface area (Å²) in [6.45, 7) is 3.96. The number of aromatic nitrogens is 2. The van der Waals surface area contributed by atoms with E-state index in [9.17, 15) is 9.18 Å². The Labute approximate surface area is 251 Å². The van der Waals surface area contributed by atoms with Crippen molar-refractivity contribution in [3.8, 4) is 28.8 Å². The van der Waals surface area contributed by atoms with Crippen molar-refractivity contribution in [2.24, 2.45) is 0 Å². The summed E-state index contributed by atoms with van der Waals surface area (Å²) in [7, 11) is 0. The topological polar surface area (TPSA) is 87.8 Å². The van der Waals surface area contributed by atoms with E-state index >= 15 is 0 Å². The van der Waals surface area contributed by atoms with E-state index in [1.807, 2.05) is 60.0 Å². The minimum absolute atomic E-state index is 0. The molecule has 5 aromatic rings. The number of carbonyl (C=O) groups excluding carboxylic acids is 1. The van der Waals surface area contributed by atoms with Gasteiger partial charge in [0, 0.05) is 35.9 Å². The number of hydrogen-bond acceptors (Lipinski definition) is 7. The zero-order valence-electron chi connectivity index (χ0n) is 21.2. The number of esters is 1. The molecular weight excluding hydrogens is 524 g/mol. The van der Waals surface area contributed by atoms with Crippen LogP contribution in [-0.4, -0.2) is 58.3 Å². The Morgan fingerprint density at radius 1 is 1.05 bits per heavy atom. The number of aryl methyl sites for hydroxylation is 1. The van der Waals surface area contributed by atoms with E-state index in [4.69, 9.17) is 23.6 Å². The molecule has 2 aromatic heterocycles. The van der Waals surface area contributed by atoms with Crippen molar-refractivity contribution in [3.05, 3.63) is 89.4 Å². The van der Waals surface area contributed by atoms with Crippen LogP contribution in [0.4, 0.5) is 10.1 Å². The Morgan fingerprint density at radius 3 is 2.73 bits per heavy atom. The number of fused-ring (bicyclic) bond motifs is 3. The van der Waals surface area contributed by atoms with Crippen LogP contribution < -0.4 is 14.8 Å². The molecule has 0 saturated heterocycles. The molecule has 40 heavy (non-hydrogen) atoms. The van der Waals surface area contributed by atoms with Gasteiger partial charge in [-0.2, -0.15) is 0 Å². The average Bonchev–Trinajstić information content (AvgIpc) is 3.69. The second-order valence-corrected chi connectivity index (χ2v) is 9.68. The van der Waals surface area contributed by atoms with Gasteiger partial charge in [-0.1, -0.05) is 12.1 Å². The summed E-state index contributed by atoms with van der Waals surface area (Å²) in [6, 6.07) is 19.8. The number of ether oxygens (including phenoxy) is 3. The Kier molecular flexibility index (Phi) is 6.82. The van der Waals surface area contributed by atoms with E-state index in [-0.39, 0.29) is 47.4 Å². The van der Waals surface area contributed by atoms with E-state index in [0.29, 0.717) is 47.3 Å². The van der Waals surface area contributed by atoms with Crippen LogP contribution in [0, 0.1) is 12.7 Å². The zero-order chi connectivity index (χ0) is 26.7. The van der Waals surface area contributed by atoms with E-state index in [1.165, 1.54) is 19.1 Å². The number of furan rings is 1. The van der Waals surface area contributed by atoms with Gasteiger partial charge in [0.15, 0.2) is 17.7 Å². The van der Waals surface area contributed by atoms with Crippen LogP contribution in [0.15, 0.2) is 71.1 Å². The standard InChI is InChI=1S/C30H24FN3O5.Na.H/c1-16-6-11-26(38-16)30-33-22-10-7-18(31)12-25(22)34(30)24-5-3-4-20-23(14-37-29(20)24)32-19-8-9-21-27(13-19)36-15-28(21)39-17(2)35;;/h3-13,23,28,32H,14-15H2,1-2H3;;/t23-,28-;;/m1../s1. The normalized spacial score (nSPS) is 17.0. The molecule has 0 radical (unpaired) electrons. The molecular formula is C30H25FN3NaO5. The van der Waals surface area contributed by atoms with Crippen molar-refractivity contribution in [2.45, 2.75) is 26.0 Å². The van der Waals surface area contributed by atoms with Gasteiger partial charge in [-0.3, -0.25) is 9.36 Å². The molecule has 0 saturated carbocycles. The van der Waals surface area contributed by atoms with Gasteiger partial charge in [-0.15, -0.1) is 0 Å². The minimum atomic E-state index is -0.397. The van der Waals surface area contributed by atoms with Crippen molar-refractivity contribution < 1.29 is 27.8 Å². The molecule has 0 fully saturated rings. The molecule has 1 N–H and O–H groups in total. The van der Waals surface area contributed by atoms with E-state index in [2.05, 4.69) is 5.32 Å². The molecule has 0 bridgehead atoms. The predicted octanol–water partition coefficient (Wildman–Crippen LogP) is 5.63. The quantitative estimate of drug-likeness (QED) is 0.225. The van der Waals surface area contributed by atoms with Crippen molar-refractivity contribution in [1.82, 2.24) is 9.55 Å². The fraction of sp³-hybridized carbons (Fsp3) is 0.200. The van der Waals surface area contributed by atoms with Gasteiger partial charge in [0.25, 0.3) is 0 Å². The number of benzene rings is 3. The summed E-state index contributed by atoms with van der Waals surface area (Å²) in [4.78, 5) is 16.2. The number of halogens is 1. The molecule has 0 unspecified atom stereocenters. The maximum absolute atomic E-state index is 14.4. The molecule has 4 heterocycles. The number of nitrogens with zero attached hydrogens (tertiary/aromatic N) is 2. The van der Waals surface area contributed by atoms with Crippen LogP contribution in [0.5, 0.6) is 11.5 Å². The molecule has 0 amide bonds. The van der Waals surface area contributed by atoms with Gasteiger partial charge in [0.1, 0.15) is 36.3 Å². The third-order valence-electron chi connectivity index (χ3n) is 7.01. The van der Waals surface area contributed by atoms with Crippen LogP contribution in [0.25, 0.3) is 28.3 Å². The number of nitrogens with one attached hydrogen (secondary N) is 1. The first-order valence-corrected chi connectivity index (χ1v) is 12.7. The Balaban J connectivity index is 0.00000289. The molecule has 198 valence electrons. The summed E-state index contributed by atoms with van der Waals surface area (Å²) >= 11 is 0. The number of para-hydroxylation sites is 1. The molecule has 0 aliphatic carbocycles. The van der Waals surface area contributed by atoms with Crippen molar-refractivity contribution in [1.29, 1.82) is 0 Å². The molecule has 10 heteroatoms. The Morgan fingerprint density at radius 2 is 1.93 bits per heavy atom. The zero-order valence-corrected chi connectivity index (χ0v) is 21.2. The van der Waals surface area contributed by atoms with E-state index in [1.54, 1.807) is 6.07 Å². The van der Waals surface area contributed by atoms with Crippen LogP contribution >= 0.6 is 0 Å². The molecule has 2 aliphatic heterocycles. The van der Waals surface area contributed by atoms with Crippen molar-refractivity contribution in [2.75, 3.05) is 18.5 Å². The summed E-state index contributed by atoms with van der Waals surface area (Å²) in [5.41, 5.74) is 4.68. The van der Waals surface area contributed by atoms with E-state index in [0.717, 1.165) is 28.3 Å². The number of anilines is 1. The Bertz CT molecular complexity index is 1760. The summed E-state index contributed by atoms with van der Waals surface area (Å²) in [5, 5.41) is 3.53. The Hall–Kier alpha value is -3.79. The monoisotopic (exact) mass is 549 g/mol. The van der Waals surface area contributed by atoms with Gasteiger partial charge < -0.3 is 23.9 Å². The first-order valence-electron chi connectivity index (χ1n) is 12.7. The molecule has 2 atom stereocenters. The third-order valence-corrected chi connectivity index (χ3v) is 7.01. The maximum atomic E-state index is 14.4. The van der Waals surface area contributed by atoms with Crippen LogP contribution in [0.2, 0.25) is 0 Å². The van der Waals surface area contributed by atoms with Crippen molar-refractivity contribution in [3.63, 3.8) is 0 Å². The fourth-order valence-corrected chi connectivity index (χ4v) is 5.31. The van der Waals surface area contributed by atoms with Gasteiger partial charge in [0.2, 0.25) is 0 Å². The second kappa shape index (κ2) is 10.3. The van der Waals surface area contributed by atoms with Crippen LogP contribution in [-0.2, 0) is 9.53 Å². The van der Waals surface area contributed by atoms with Gasteiger partial charge in [-0.05, 0) is 49.4 Å². The molecule has 7 rings (SSSR count). The molecule has 8 nitrogen and oxygen atoms in total. The molecule has 0 spiro atoms. The summed E-state index contributed by atoms with van der Waals surface area (Å²) < 4.78 is 39.5. The van der Waals surface area contributed by atoms with Gasteiger partial charge in [-0.25, -0.2) is 9.37 Å². The van der Waals surface area contributed by atoms with Crippen LogP contribution in [0.1, 0.15) is 36.0 Å². The fourth-order valence-electron chi connectivity index (χ4n) is 5.31. The van der Waals surface area contributed by atoms with Gasteiger partial charge in [0.05, 0.1) is 22.8 Å². The SMILES string of the molecule is CC(=O)O[C@@H]1COc2cc(N[C@@H]3COc4c3cccc4-n3c(-c4ccc(C)o4)nc4ccc(F)cc43)ccc21.[NaH]. The third kappa shape index (κ3) is 4.54. The molecule has 2 aliphatic rings. The second-order valence-electron chi connectivity index (χ2n) is 9.68. The predicted molar refractivity (Wildman–Crippen MR) is 149 cm³/mol. The van der Waals surface area contributed by atoms with Crippen molar-refractivity contribution >= 4 is 52.2 Å². The number of rotatable bonds is 5. The van der Waals surface area contributed by atoms with Gasteiger partial charge >= 0.3 is 35.5 Å².